The van der Waals surface area contributed by atoms with E-state index in [1.165, 1.54) is 353 Å². The third-order valence-electron chi connectivity index (χ3n) is 17.7. The van der Waals surface area contributed by atoms with Crippen molar-refractivity contribution in [1.82, 2.24) is 5.32 Å². The van der Waals surface area contributed by atoms with E-state index in [0.29, 0.717) is 19.4 Å². The Bertz CT molecular complexity index is 1280. The molecule has 0 rings (SSSR count). The number of rotatable bonds is 71. The highest BCUT2D eigenvalue weighted by Gasteiger charge is 2.18. The van der Waals surface area contributed by atoms with Gasteiger partial charge in [0.15, 0.2) is 0 Å². The number of nitrogens with one attached hydrogen (secondary N) is 1. The fourth-order valence-corrected chi connectivity index (χ4v) is 12.0. The molecule has 486 valence electrons. The lowest BCUT2D eigenvalue weighted by molar-refractivity contribution is -0.143. The molecule has 0 aliphatic rings. The van der Waals surface area contributed by atoms with Crippen molar-refractivity contribution >= 4 is 11.9 Å². The Hall–Kier alpha value is -1.66. The maximum Gasteiger partial charge on any atom is 0.305 e. The molecule has 0 heterocycles. The van der Waals surface area contributed by atoms with Crippen molar-refractivity contribution in [2.45, 2.75) is 437 Å². The lowest BCUT2D eigenvalue weighted by atomic mass is 10.0. The van der Waals surface area contributed by atoms with Crippen LogP contribution in [0.3, 0.4) is 0 Å². The summed E-state index contributed by atoms with van der Waals surface area (Å²) in [5.74, 6) is -0.0551. The molecule has 2 atom stereocenters. The van der Waals surface area contributed by atoms with Crippen molar-refractivity contribution < 1.29 is 24.5 Å². The van der Waals surface area contributed by atoms with Gasteiger partial charge >= 0.3 is 5.97 Å². The number of aliphatic hydroxyl groups excluding tert-OH is 2. The summed E-state index contributed by atoms with van der Waals surface area (Å²) in [6.45, 7) is 4.95. The third kappa shape index (κ3) is 67.5. The van der Waals surface area contributed by atoms with Crippen molar-refractivity contribution in [3.8, 4) is 0 Å². The molecule has 0 aromatic carbocycles. The van der Waals surface area contributed by atoms with Crippen LogP contribution in [0, 0.1) is 0 Å². The monoisotopic (exact) mass is 1150 g/mol. The van der Waals surface area contributed by atoms with E-state index in [-0.39, 0.29) is 18.5 Å². The highest BCUT2D eigenvalue weighted by molar-refractivity contribution is 5.76. The quantitative estimate of drug-likeness (QED) is 0.0320. The van der Waals surface area contributed by atoms with Gasteiger partial charge in [0, 0.05) is 12.8 Å². The first-order chi connectivity index (χ1) is 40.5. The van der Waals surface area contributed by atoms with Crippen LogP contribution in [0.15, 0.2) is 24.3 Å². The van der Waals surface area contributed by atoms with E-state index in [2.05, 4.69) is 31.3 Å². The summed E-state index contributed by atoms with van der Waals surface area (Å²) < 4.78 is 5.51. The van der Waals surface area contributed by atoms with E-state index in [9.17, 15) is 19.8 Å². The Morgan fingerprint density at radius 2 is 0.573 bits per heavy atom. The molecule has 6 nitrogen and oxygen atoms in total. The predicted molar refractivity (Wildman–Crippen MR) is 361 cm³/mol. The topological polar surface area (TPSA) is 95.9 Å². The Kier molecular flexibility index (Phi) is 70.4. The molecule has 0 bridgehead atoms. The van der Waals surface area contributed by atoms with Gasteiger partial charge in [0.1, 0.15) is 0 Å². The van der Waals surface area contributed by atoms with E-state index < -0.39 is 12.1 Å². The molecular weight excluding hydrogens is 1010 g/mol. The summed E-state index contributed by atoms with van der Waals surface area (Å²) in [5.41, 5.74) is 0. The second kappa shape index (κ2) is 71.8. The van der Waals surface area contributed by atoms with Gasteiger partial charge in [0.05, 0.1) is 25.4 Å². The summed E-state index contributed by atoms with van der Waals surface area (Å²) in [6, 6.07) is -0.635. The number of allylic oxidation sites excluding steroid dienone is 3. The molecule has 2 unspecified atom stereocenters. The fourth-order valence-electron chi connectivity index (χ4n) is 12.0. The maximum atomic E-state index is 12.5. The third-order valence-corrected chi connectivity index (χ3v) is 17.7. The molecule has 3 N–H and O–H groups in total. The molecule has 0 saturated carbocycles. The van der Waals surface area contributed by atoms with Gasteiger partial charge in [0.2, 0.25) is 5.91 Å². The number of unbranched alkanes of at least 4 members (excludes halogenated alkanes) is 58. The van der Waals surface area contributed by atoms with Crippen molar-refractivity contribution in [2.24, 2.45) is 0 Å². The van der Waals surface area contributed by atoms with Crippen LogP contribution in [0.2, 0.25) is 0 Å². The molecule has 0 aromatic rings. The van der Waals surface area contributed by atoms with Crippen LogP contribution in [0.4, 0.5) is 0 Å². The number of hydrogen-bond donors (Lipinski definition) is 3. The van der Waals surface area contributed by atoms with Gasteiger partial charge in [-0.3, -0.25) is 9.59 Å². The minimum absolute atomic E-state index is 0.0149. The Labute approximate surface area is 513 Å². The van der Waals surface area contributed by atoms with Crippen LogP contribution in [0.5, 0.6) is 0 Å². The van der Waals surface area contributed by atoms with Gasteiger partial charge in [-0.25, -0.2) is 0 Å². The fraction of sp³-hybridized carbons (Fsp3) is 0.921. The predicted octanol–water partition coefficient (Wildman–Crippen LogP) is 24.5. The van der Waals surface area contributed by atoms with Crippen LogP contribution in [0.1, 0.15) is 425 Å². The highest BCUT2D eigenvalue weighted by Crippen LogP contribution is 2.19. The zero-order valence-electron chi connectivity index (χ0n) is 55.8. The molecule has 0 aliphatic heterocycles. The molecular formula is C76H147NO5. The van der Waals surface area contributed by atoms with Gasteiger partial charge in [-0.15, -0.1) is 0 Å². The zero-order valence-corrected chi connectivity index (χ0v) is 55.8. The Morgan fingerprint density at radius 1 is 0.329 bits per heavy atom. The number of amides is 1. The van der Waals surface area contributed by atoms with Crippen LogP contribution in [-0.4, -0.2) is 47.4 Å². The Balaban J connectivity index is 3.42. The molecule has 0 fully saturated rings. The van der Waals surface area contributed by atoms with E-state index in [1.807, 2.05) is 6.08 Å². The molecule has 0 aliphatic carbocycles. The standard InChI is InChI=1S/C76H147NO5/c1-3-5-7-9-11-13-15-17-19-21-23-24-25-26-27-30-33-36-40-44-48-52-56-60-64-68-74(79)73(72-78)77-75(80)69-65-61-57-53-49-45-41-37-34-31-28-29-32-35-39-43-47-51-55-59-63-67-71-82-76(81)70-66-62-58-54-50-46-42-38-22-20-18-16-14-12-10-8-6-4-2/h31,34,64,68,73-74,78-79H,3-30,32-33,35-63,65-67,69-72H2,1-2H3,(H,77,80)/b34-31-,68-64+. The first-order valence-corrected chi connectivity index (χ1v) is 37.6. The smallest absolute Gasteiger partial charge is 0.305 e. The van der Waals surface area contributed by atoms with Gasteiger partial charge in [-0.1, -0.05) is 378 Å². The lowest BCUT2D eigenvalue weighted by Crippen LogP contribution is -2.45. The number of esters is 1. The first-order valence-electron chi connectivity index (χ1n) is 37.6. The summed E-state index contributed by atoms with van der Waals surface area (Å²) in [5, 5.41) is 23.3. The van der Waals surface area contributed by atoms with E-state index >= 15 is 0 Å². The number of hydrogen-bond acceptors (Lipinski definition) is 5. The molecule has 6 heteroatoms. The minimum Gasteiger partial charge on any atom is -0.466 e. The number of ether oxygens (including phenoxy) is 1. The van der Waals surface area contributed by atoms with E-state index in [0.717, 1.165) is 44.9 Å². The molecule has 1 amide bonds. The highest BCUT2D eigenvalue weighted by atomic mass is 16.5. The van der Waals surface area contributed by atoms with E-state index in [1.54, 1.807) is 6.08 Å². The average molecular weight is 1160 g/mol. The van der Waals surface area contributed by atoms with Gasteiger partial charge in [-0.05, 0) is 57.8 Å². The molecule has 0 aromatic heterocycles. The van der Waals surface area contributed by atoms with E-state index in [4.69, 9.17) is 4.74 Å². The van der Waals surface area contributed by atoms with Crippen molar-refractivity contribution in [3.63, 3.8) is 0 Å². The second-order valence-corrected chi connectivity index (χ2v) is 26.0. The van der Waals surface area contributed by atoms with Crippen molar-refractivity contribution in [2.75, 3.05) is 13.2 Å². The molecule has 0 spiro atoms. The number of carbonyl (C=O) groups is 2. The largest absolute Gasteiger partial charge is 0.466 e. The summed E-state index contributed by atoms with van der Waals surface area (Å²) in [4.78, 5) is 24.7. The summed E-state index contributed by atoms with van der Waals surface area (Å²) in [6.07, 6.45) is 91.3. The lowest BCUT2D eigenvalue weighted by Gasteiger charge is -2.20. The van der Waals surface area contributed by atoms with Gasteiger partial charge < -0.3 is 20.3 Å². The van der Waals surface area contributed by atoms with Crippen LogP contribution in [-0.2, 0) is 14.3 Å². The zero-order chi connectivity index (χ0) is 59.2. The van der Waals surface area contributed by atoms with Crippen LogP contribution < -0.4 is 5.32 Å². The summed E-state index contributed by atoms with van der Waals surface area (Å²) in [7, 11) is 0. The van der Waals surface area contributed by atoms with Gasteiger partial charge in [-0.2, -0.15) is 0 Å². The Morgan fingerprint density at radius 3 is 0.866 bits per heavy atom. The molecule has 0 saturated heterocycles. The maximum absolute atomic E-state index is 12.5. The first kappa shape index (κ1) is 80.3. The van der Waals surface area contributed by atoms with Crippen molar-refractivity contribution in [3.05, 3.63) is 24.3 Å². The summed E-state index contributed by atoms with van der Waals surface area (Å²) >= 11 is 0. The van der Waals surface area contributed by atoms with Crippen LogP contribution in [0.25, 0.3) is 0 Å². The average Bonchev–Trinajstić information content (AvgIpc) is 3.48. The second-order valence-electron chi connectivity index (χ2n) is 26.0. The van der Waals surface area contributed by atoms with Crippen LogP contribution >= 0.6 is 0 Å². The molecule has 0 radical (unpaired) electrons. The minimum atomic E-state index is -0.851. The number of aliphatic hydroxyl groups is 2. The van der Waals surface area contributed by atoms with Crippen molar-refractivity contribution in [1.29, 1.82) is 0 Å². The normalized spacial score (nSPS) is 12.6. The van der Waals surface area contributed by atoms with Gasteiger partial charge in [0.25, 0.3) is 0 Å². The SMILES string of the molecule is CCCCCCCCCCCCCCCCCCCCCCCCC/C=C/C(O)C(CO)NC(=O)CCCCCCCCC/C=C\CCCCCCCCCCCCCOC(=O)CCCCCCCCCCCCCCCCCCCC. The number of carbonyl (C=O) groups excluding carboxylic acids is 2. The molecule has 82 heavy (non-hydrogen) atoms.